The van der Waals surface area contributed by atoms with Crippen molar-refractivity contribution in [2.75, 3.05) is 0 Å². The molecular formula is C22H31F. The largest absolute Gasteiger partial charge is 0.206 e. The molecule has 0 aromatic heterocycles. The van der Waals surface area contributed by atoms with E-state index in [1.807, 2.05) is 12.1 Å². The Morgan fingerprint density at radius 1 is 1.09 bits per heavy atom. The molecule has 0 nitrogen and oxygen atoms in total. The maximum atomic E-state index is 14.2. The normalized spacial score (nSPS) is 21.2. The van der Waals surface area contributed by atoms with Crippen LogP contribution in [0.1, 0.15) is 69.9 Å². The van der Waals surface area contributed by atoms with E-state index >= 15 is 0 Å². The Morgan fingerprint density at radius 3 is 2.61 bits per heavy atom. The Kier molecular flexibility index (Phi) is 7.58. The average molecular weight is 314 g/mol. The molecule has 0 saturated carbocycles. The summed E-state index contributed by atoms with van der Waals surface area (Å²) in [6.45, 7) is 4.44. The van der Waals surface area contributed by atoms with Crippen molar-refractivity contribution in [1.82, 2.24) is 0 Å². The van der Waals surface area contributed by atoms with Gasteiger partial charge in [0.1, 0.15) is 5.82 Å². The number of hydrogen-bond donors (Lipinski definition) is 0. The predicted octanol–water partition coefficient (Wildman–Crippen LogP) is 6.95. The molecule has 126 valence electrons. The van der Waals surface area contributed by atoms with Crippen molar-refractivity contribution in [2.45, 2.75) is 65.2 Å². The number of benzene rings is 1. The molecule has 0 aliphatic heterocycles. The third kappa shape index (κ3) is 5.97. The number of allylic oxidation sites excluding steroid dienone is 3. The van der Waals surface area contributed by atoms with Crippen LogP contribution in [0, 0.1) is 17.7 Å². The van der Waals surface area contributed by atoms with Gasteiger partial charge in [0.15, 0.2) is 0 Å². The van der Waals surface area contributed by atoms with Gasteiger partial charge in [0.2, 0.25) is 0 Å². The summed E-state index contributed by atoms with van der Waals surface area (Å²) in [5, 5.41) is 0. The first-order valence-corrected chi connectivity index (χ1v) is 9.37. The summed E-state index contributed by atoms with van der Waals surface area (Å²) >= 11 is 0. The fourth-order valence-corrected chi connectivity index (χ4v) is 3.34. The summed E-state index contributed by atoms with van der Waals surface area (Å²) < 4.78 is 14.2. The molecule has 2 atom stereocenters. The molecule has 1 aliphatic rings. The van der Waals surface area contributed by atoms with Gasteiger partial charge in [0.25, 0.3) is 0 Å². The smallest absolute Gasteiger partial charge is 0.130 e. The van der Waals surface area contributed by atoms with Crippen molar-refractivity contribution in [1.29, 1.82) is 0 Å². The fourth-order valence-electron chi connectivity index (χ4n) is 3.34. The molecule has 0 heterocycles. The first-order chi connectivity index (χ1) is 11.2. The SMILES string of the molecule is CCCCCc1ccc(/C=C/C2C=CC(CCC)CC2)c(F)c1. The molecular weight excluding hydrogens is 283 g/mol. The van der Waals surface area contributed by atoms with Crippen molar-refractivity contribution in [2.24, 2.45) is 11.8 Å². The molecule has 0 N–H and O–H groups in total. The summed E-state index contributed by atoms with van der Waals surface area (Å²) in [5.41, 5.74) is 1.83. The number of halogens is 1. The zero-order valence-electron chi connectivity index (χ0n) is 14.7. The van der Waals surface area contributed by atoms with Gasteiger partial charge >= 0.3 is 0 Å². The molecule has 1 heteroatoms. The lowest BCUT2D eigenvalue weighted by Crippen LogP contribution is -2.06. The van der Waals surface area contributed by atoms with Crippen LogP contribution in [-0.2, 0) is 6.42 Å². The van der Waals surface area contributed by atoms with Gasteiger partial charge in [-0.15, -0.1) is 0 Å². The Labute approximate surface area is 141 Å². The van der Waals surface area contributed by atoms with Crippen LogP contribution < -0.4 is 0 Å². The molecule has 2 rings (SSSR count). The molecule has 1 aromatic carbocycles. The van der Waals surface area contributed by atoms with E-state index in [0.29, 0.717) is 11.5 Å². The number of rotatable bonds is 8. The van der Waals surface area contributed by atoms with E-state index in [1.165, 1.54) is 38.5 Å². The van der Waals surface area contributed by atoms with E-state index in [0.717, 1.165) is 24.3 Å². The van der Waals surface area contributed by atoms with Gasteiger partial charge in [0.05, 0.1) is 0 Å². The first-order valence-electron chi connectivity index (χ1n) is 9.37. The third-order valence-corrected chi connectivity index (χ3v) is 4.82. The number of hydrogen-bond acceptors (Lipinski definition) is 0. The molecule has 23 heavy (non-hydrogen) atoms. The molecule has 0 fully saturated rings. The Morgan fingerprint density at radius 2 is 1.96 bits per heavy atom. The lowest BCUT2D eigenvalue weighted by Gasteiger charge is -2.20. The molecule has 1 aromatic rings. The Balaban J connectivity index is 1.91. The maximum absolute atomic E-state index is 14.2. The molecule has 0 spiro atoms. The zero-order chi connectivity index (χ0) is 16.5. The van der Waals surface area contributed by atoms with Crippen LogP contribution in [0.4, 0.5) is 4.39 Å². The lowest BCUT2D eigenvalue weighted by molar-refractivity contribution is 0.468. The van der Waals surface area contributed by atoms with E-state index in [9.17, 15) is 4.39 Å². The van der Waals surface area contributed by atoms with Crippen LogP contribution in [0.15, 0.2) is 36.4 Å². The van der Waals surface area contributed by atoms with Crippen LogP contribution in [0.25, 0.3) is 6.08 Å². The van der Waals surface area contributed by atoms with Crippen molar-refractivity contribution < 1.29 is 4.39 Å². The quantitative estimate of drug-likeness (QED) is 0.359. The van der Waals surface area contributed by atoms with Crippen molar-refractivity contribution in [3.8, 4) is 0 Å². The minimum atomic E-state index is -0.0844. The molecule has 0 bridgehead atoms. The molecule has 0 saturated heterocycles. The van der Waals surface area contributed by atoms with E-state index in [4.69, 9.17) is 0 Å². The second-order valence-electron chi connectivity index (χ2n) is 6.85. The second-order valence-corrected chi connectivity index (χ2v) is 6.85. The molecule has 2 unspecified atom stereocenters. The molecule has 0 radical (unpaired) electrons. The summed E-state index contributed by atoms with van der Waals surface area (Å²) in [6, 6.07) is 5.72. The van der Waals surface area contributed by atoms with E-state index in [1.54, 1.807) is 6.07 Å². The zero-order valence-corrected chi connectivity index (χ0v) is 14.7. The number of aryl methyl sites for hydroxylation is 1. The maximum Gasteiger partial charge on any atom is 0.130 e. The van der Waals surface area contributed by atoms with E-state index < -0.39 is 0 Å². The van der Waals surface area contributed by atoms with Crippen LogP contribution in [-0.4, -0.2) is 0 Å². The fraction of sp³-hybridized carbons (Fsp3) is 0.545. The number of unbranched alkanes of at least 4 members (excludes halogenated alkanes) is 2. The highest BCUT2D eigenvalue weighted by Crippen LogP contribution is 2.27. The Bertz CT molecular complexity index is 527. The summed E-state index contributed by atoms with van der Waals surface area (Å²) in [5.74, 6) is 1.13. The Hall–Kier alpha value is -1.37. The third-order valence-electron chi connectivity index (χ3n) is 4.82. The van der Waals surface area contributed by atoms with E-state index in [-0.39, 0.29) is 5.82 Å². The van der Waals surface area contributed by atoms with Crippen LogP contribution in [0.3, 0.4) is 0 Å². The summed E-state index contributed by atoms with van der Waals surface area (Å²) in [6.07, 6.45) is 18.3. The van der Waals surface area contributed by atoms with E-state index in [2.05, 4.69) is 38.1 Å². The van der Waals surface area contributed by atoms with Gasteiger partial charge in [-0.25, -0.2) is 4.39 Å². The van der Waals surface area contributed by atoms with Gasteiger partial charge in [-0.1, -0.05) is 69.5 Å². The summed E-state index contributed by atoms with van der Waals surface area (Å²) in [7, 11) is 0. The molecule has 1 aliphatic carbocycles. The van der Waals surface area contributed by atoms with Crippen LogP contribution in [0.5, 0.6) is 0 Å². The van der Waals surface area contributed by atoms with Crippen molar-refractivity contribution >= 4 is 6.08 Å². The topological polar surface area (TPSA) is 0 Å². The van der Waals surface area contributed by atoms with Crippen LogP contribution >= 0.6 is 0 Å². The highest BCUT2D eigenvalue weighted by Gasteiger charge is 2.13. The minimum absolute atomic E-state index is 0.0844. The highest BCUT2D eigenvalue weighted by molar-refractivity contribution is 5.51. The minimum Gasteiger partial charge on any atom is -0.206 e. The van der Waals surface area contributed by atoms with Gasteiger partial charge in [0, 0.05) is 5.56 Å². The van der Waals surface area contributed by atoms with Crippen molar-refractivity contribution in [3.63, 3.8) is 0 Å². The first kappa shape index (κ1) is 18.0. The van der Waals surface area contributed by atoms with Crippen LogP contribution in [0.2, 0.25) is 0 Å². The lowest BCUT2D eigenvalue weighted by atomic mass is 9.86. The average Bonchev–Trinajstić information content (AvgIpc) is 2.56. The van der Waals surface area contributed by atoms with Gasteiger partial charge in [-0.2, -0.15) is 0 Å². The van der Waals surface area contributed by atoms with Gasteiger partial charge in [-0.3, -0.25) is 0 Å². The predicted molar refractivity (Wildman–Crippen MR) is 98.9 cm³/mol. The van der Waals surface area contributed by atoms with Gasteiger partial charge in [-0.05, 0) is 55.6 Å². The second kappa shape index (κ2) is 9.70. The summed E-state index contributed by atoms with van der Waals surface area (Å²) in [4.78, 5) is 0. The monoisotopic (exact) mass is 314 g/mol. The standard InChI is InChI=1S/C22H31F/c1-3-5-6-8-20-14-16-21(22(23)17-20)15-13-19-11-9-18(7-4-2)10-12-19/h9,11,13-19H,3-8,10,12H2,1-2H3/b15-13+. The highest BCUT2D eigenvalue weighted by atomic mass is 19.1. The van der Waals surface area contributed by atoms with Gasteiger partial charge < -0.3 is 0 Å². The molecule has 0 amide bonds. The van der Waals surface area contributed by atoms with Crippen molar-refractivity contribution in [3.05, 3.63) is 53.4 Å².